The van der Waals surface area contributed by atoms with Gasteiger partial charge in [0.05, 0.1) is 42.1 Å². The maximum atomic E-state index is 13.0. The number of urea groups is 1. The van der Waals surface area contributed by atoms with Crippen molar-refractivity contribution in [3.63, 3.8) is 0 Å². The number of methoxy groups -OCH3 is 1. The number of phenolic OH excluding ortho intramolecular Hbond substituents is 1. The first kappa shape index (κ1) is 22.4. The lowest BCUT2D eigenvalue weighted by Crippen LogP contribution is -2.62. The molecule has 2 aliphatic heterocycles. The Hall–Kier alpha value is -3.77. The Morgan fingerprint density at radius 3 is 2.67 bits per heavy atom. The van der Waals surface area contributed by atoms with E-state index in [2.05, 4.69) is 16.7 Å². The summed E-state index contributed by atoms with van der Waals surface area (Å²) in [6, 6.07) is 11.4. The third-order valence-electron chi connectivity index (χ3n) is 6.16. The predicted octanol–water partition coefficient (Wildman–Crippen LogP) is 3.35. The number of hydrogen-bond donors (Lipinski definition) is 3. The molecule has 1 atom stereocenters. The largest absolute Gasteiger partial charge is 0.505 e. The fourth-order valence-corrected chi connectivity index (χ4v) is 4.42. The van der Waals surface area contributed by atoms with Gasteiger partial charge in [-0.05, 0) is 38.0 Å². The fraction of sp³-hybridized carbons (Fsp3) is 0.375. The molecule has 2 fully saturated rings. The van der Waals surface area contributed by atoms with Gasteiger partial charge in [-0.2, -0.15) is 5.26 Å². The maximum absolute atomic E-state index is 13.0. The van der Waals surface area contributed by atoms with Gasteiger partial charge in [0.15, 0.2) is 0 Å². The number of carbonyl (C=O) groups is 2. The second kappa shape index (κ2) is 9.00. The van der Waals surface area contributed by atoms with E-state index in [-0.39, 0.29) is 24.1 Å². The van der Waals surface area contributed by atoms with Crippen LogP contribution in [0.1, 0.15) is 37.3 Å². The minimum absolute atomic E-state index is 0.0211. The zero-order valence-electron chi connectivity index (χ0n) is 18.6. The lowest BCUT2D eigenvalue weighted by atomic mass is 9.85. The van der Waals surface area contributed by atoms with Crippen LogP contribution in [0.3, 0.4) is 0 Å². The van der Waals surface area contributed by atoms with E-state index in [1.165, 1.54) is 12.0 Å². The highest BCUT2D eigenvalue weighted by Crippen LogP contribution is 2.41. The van der Waals surface area contributed by atoms with Crippen LogP contribution in [0.4, 0.5) is 16.2 Å². The number of rotatable bonds is 5. The summed E-state index contributed by atoms with van der Waals surface area (Å²) >= 11 is 0. The summed E-state index contributed by atoms with van der Waals surface area (Å²) in [4.78, 5) is 27.2. The molecule has 0 radical (unpaired) electrons. The topological polar surface area (TPSA) is 124 Å². The van der Waals surface area contributed by atoms with Gasteiger partial charge in [-0.3, -0.25) is 9.69 Å². The number of aromatic hydroxyl groups is 1. The molecule has 33 heavy (non-hydrogen) atoms. The molecule has 9 nitrogen and oxygen atoms in total. The highest BCUT2D eigenvalue weighted by atomic mass is 16.5. The number of ether oxygens (including phenoxy) is 2. The smallest absolute Gasteiger partial charge is 0.325 e. The van der Waals surface area contributed by atoms with Crippen molar-refractivity contribution in [2.45, 2.75) is 37.8 Å². The van der Waals surface area contributed by atoms with E-state index in [1.807, 2.05) is 0 Å². The molecule has 0 saturated carbocycles. The SMILES string of the molecule is COc1cc(C#N)ccc1Nc1cccc([C@]2(C)CC(=O)N(C3CCOCC3)C(=O)N2)c1O. The second-order valence-corrected chi connectivity index (χ2v) is 8.40. The van der Waals surface area contributed by atoms with Crippen LogP contribution < -0.4 is 15.4 Å². The molecule has 2 heterocycles. The van der Waals surface area contributed by atoms with Crippen LogP contribution in [-0.4, -0.2) is 48.3 Å². The van der Waals surface area contributed by atoms with Gasteiger partial charge < -0.3 is 25.2 Å². The molecule has 0 bridgehead atoms. The normalized spacial score (nSPS) is 21.3. The van der Waals surface area contributed by atoms with Crippen molar-refractivity contribution < 1.29 is 24.2 Å². The van der Waals surface area contributed by atoms with Crippen LogP contribution >= 0.6 is 0 Å². The summed E-state index contributed by atoms with van der Waals surface area (Å²) in [5.74, 6) is 0.0806. The molecule has 0 unspecified atom stereocenters. The molecule has 9 heteroatoms. The van der Waals surface area contributed by atoms with Gasteiger partial charge in [0.25, 0.3) is 0 Å². The number of nitriles is 1. The Morgan fingerprint density at radius 1 is 1.24 bits per heavy atom. The standard InChI is InChI=1S/C24H26N4O5/c1-24(13-21(29)28(23(31)27-24)16-8-10-33-11-9-16)17-4-3-5-19(22(17)30)26-18-7-6-15(14-25)12-20(18)32-2/h3-7,12,16,26,30H,8-11,13H2,1-2H3,(H,27,31)/t24-/m0/s1. The van der Waals surface area contributed by atoms with E-state index in [9.17, 15) is 14.7 Å². The van der Waals surface area contributed by atoms with Crippen molar-refractivity contribution in [3.05, 3.63) is 47.5 Å². The van der Waals surface area contributed by atoms with Gasteiger partial charge in [-0.25, -0.2) is 4.79 Å². The lowest BCUT2D eigenvalue weighted by Gasteiger charge is -2.43. The lowest BCUT2D eigenvalue weighted by molar-refractivity contribution is -0.135. The molecule has 0 aromatic heterocycles. The van der Waals surface area contributed by atoms with Crippen LogP contribution in [0, 0.1) is 11.3 Å². The fourth-order valence-electron chi connectivity index (χ4n) is 4.42. The average molecular weight is 450 g/mol. The summed E-state index contributed by atoms with van der Waals surface area (Å²) in [6.45, 7) is 2.77. The molecule has 4 rings (SSSR count). The summed E-state index contributed by atoms with van der Waals surface area (Å²) < 4.78 is 10.7. The molecule has 2 aromatic rings. The summed E-state index contributed by atoms with van der Waals surface area (Å²) in [5, 5.41) is 26.2. The number of carbonyl (C=O) groups excluding carboxylic acids is 2. The van der Waals surface area contributed by atoms with Gasteiger partial charge in [-0.15, -0.1) is 0 Å². The predicted molar refractivity (Wildman–Crippen MR) is 120 cm³/mol. The van der Waals surface area contributed by atoms with Gasteiger partial charge >= 0.3 is 6.03 Å². The molecule has 0 spiro atoms. The summed E-state index contributed by atoms with van der Waals surface area (Å²) in [7, 11) is 1.49. The third-order valence-corrected chi connectivity index (χ3v) is 6.16. The molecular weight excluding hydrogens is 424 g/mol. The first-order chi connectivity index (χ1) is 15.9. The van der Waals surface area contributed by atoms with Crippen molar-refractivity contribution >= 4 is 23.3 Å². The molecule has 2 saturated heterocycles. The molecule has 172 valence electrons. The van der Waals surface area contributed by atoms with E-state index >= 15 is 0 Å². The van der Waals surface area contributed by atoms with Gasteiger partial charge in [-0.1, -0.05) is 12.1 Å². The number of nitrogens with one attached hydrogen (secondary N) is 2. The Labute approximate surface area is 191 Å². The number of benzene rings is 2. The van der Waals surface area contributed by atoms with Crippen molar-refractivity contribution in [1.29, 1.82) is 5.26 Å². The number of hydrogen-bond acceptors (Lipinski definition) is 7. The number of imide groups is 1. The highest BCUT2D eigenvalue weighted by molar-refractivity contribution is 5.98. The van der Waals surface area contributed by atoms with E-state index in [0.29, 0.717) is 54.3 Å². The maximum Gasteiger partial charge on any atom is 0.325 e. The van der Waals surface area contributed by atoms with E-state index in [1.54, 1.807) is 43.3 Å². The molecule has 3 N–H and O–H groups in total. The zero-order valence-corrected chi connectivity index (χ0v) is 18.6. The number of nitrogens with zero attached hydrogens (tertiary/aromatic N) is 2. The summed E-state index contributed by atoms with van der Waals surface area (Å²) in [6.07, 6.45) is 1.26. The van der Waals surface area contributed by atoms with Gasteiger partial charge in [0.1, 0.15) is 11.5 Å². The van der Waals surface area contributed by atoms with E-state index in [4.69, 9.17) is 14.7 Å². The quantitative estimate of drug-likeness (QED) is 0.597. The van der Waals surface area contributed by atoms with Crippen LogP contribution in [0.15, 0.2) is 36.4 Å². The van der Waals surface area contributed by atoms with Crippen LogP contribution in [0.5, 0.6) is 11.5 Å². The van der Waals surface area contributed by atoms with E-state index < -0.39 is 11.6 Å². The first-order valence-corrected chi connectivity index (χ1v) is 10.8. The number of amides is 3. The molecule has 0 aliphatic carbocycles. The Kier molecular flexibility index (Phi) is 6.11. The van der Waals surface area contributed by atoms with Crippen LogP contribution in [0.2, 0.25) is 0 Å². The zero-order chi connectivity index (χ0) is 23.6. The second-order valence-electron chi connectivity index (χ2n) is 8.40. The van der Waals surface area contributed by atoms with Gasteiger partial charge in [0.2, 0.25) is 5.91 Å². The Morgan fingerprint density at radius 2 is 2.00 bits per heavy atom. The molecule has 3 amide bonds. The minimum atomic E-state index is -1.08. The van der Waals surface area contributed by atoms with Crippen molar-refractivity contribution in [2.24, 2.45) is 0 Å². The molecular formula is C24H26N4O5. The Bertz CT molecular complexity index is 1100. The molecule has 2 aliphatic rings. The highest BCUT2D eigenvalue weighted by Gasteiger charge is 2.45. The number of phenols is 1. The van der Waals surface area contributed by atoms with Crippen LogP contribution in [0.25, 0.3) is 0 Å². The average Bonchev–Trinajstić information content (AvgIpc) is 2.80. The van der Waals surface area contributed by atoms with Crippen molar-refractivity contribution in [3.8, 4) is 17.6 Å². The number of para-hydroxylation sites is 1. The minimum Gasteiger partial charge on any atom is -0.505 e. The third kappa shape index (κ3) is 4.30. The van der Waals surface area contributed by atoms with Crippen molar-refractivity contribution in [2.75, 3.05) is 25.6 Å². The number of anilines is 2. The van der Waals surface area contributed by atoms with Crippen molar-refractivity contribution in [1.82, 2.24) is 10.2 Å². The first-order valence-electron chi connectivity index (χ1n) is 10.8. The monoisotopic (exact) mass is 450 g/mol. The van der Waals surface area contributed by atoms with Crippen LogP contribution in [-0.2, 0) is 15.1 Å². The Balaban J connectivity index is 1.60. The van der Waals surface area contributed by atoms with E-state index in [0.717, 1.165) is 0 Å². The molecule has 2 aromatic carbocycles. The summed E-state index contributed by atoms with van der Waals surface area (Å²) in [5.41, 5.74) is 0.731. The van der Waals surface area contributed by atoms with Gasteiger partial charge in [0, 0.05) is 30.9 Å².